The molecule has 0 radical (unpaired) electrons. The Morgan fingerprint density at radius 1 is 1.42 bits per heavy atom. The SMILES string of the molecule is C=C1N(CCCOC)c2cc(C)ccc2OC1(F)F. The summed E-state index contributed by atoms with van der Waals surface area (Å²) in [5.41, 5.74) is 1.28. The first kappa shape index (κ1) is 13.8. The molecule has 2 rings (SSSR count). The van der Waals surface area contributed by atoms with Gasteiger partial charge in [0, 0.05) is 20.3 Å². The van der Waals surface area contributed by atoms with Crippen LogP contribution >= 0.6 is 0 Å². The van der Waals surface area contributed by atoms with Crippen LogP contribution < -0.4 is 9.64 Å². The van der Waals surface area contributed by atoms with E-state index in [1.165, 1.54) is 4.90 Å². The zero-order valence-electron chi connectivity index (χ0n) is 11.1. The lowest BCUT2D eigenvalue weighted by molar-refractivity contribution is -0.147. The van der Waals surface area contributed by atoms with Crippen molar-refractivity contribution in [2.75, 3.05) is 25.2 Å². The molecule has 0 saturated heterocycles. The van der Waals surface area contributed by atoms with E-state index in [4.69, 9.17) is 9.47 Å². The van der Waals surface area contributed by atoms with Crippen molar-refractivity contribution in [2.45, 2.75) is 19.5 Å². The number of benzene rings is 1. The molecule has 1 heterocycles. The molecule has 0 spiro atoms. The molecule has 0 aliphatic carbocycles. The maximum atomic E-state index is 13.7. The van der Waals surface area contributed by atoms with Gasteiger partial charge in [0.05, 0.1) is 5.69 Å². The third-order valence-electron chi connectivity index (χ3n) is 3.04. The van der Waals surface area contributed by atoms with E-state index in [-0.39, 0.29) is 11.4 Å². The standard InChI is InChI=1S/C14H17F2NO2/c1-10-5-6-13-12(9-10)17(7-4-8-18-3)11(2)14(15,16)19-13/h5-6,9H,2,4,7-8H2,1,3H3. The molecule has 0 saturated carbocycles. The Hall–Kier alpha value is -1.62. The highest BCUT2D eigenvalue weighted by atomic mass is 19.3. The first-order valence-corrected chi connectivity index (χ1v) is 6.09. The summed E-state index contributed by atoms with van der Waals surface area (Å²) in [7, 11) is 1.58. The molecular weight excluding hydrogens is 252 g/mol. The number of hydrogen-bond donors (Lipinski definition) is 0. The molecule has 1 aliphatic rings. The number of anilines is 1. The number of hydrogen-bond acceptors (Lipinski definition) is 3. The van der Waals surface area contributed by atoms with Crippen LogP contribution in [0, 0.1) is 6.92 Å². The van der Waals surface area contributed by atoms with Crippen LogP contribution in [-0.4, -0.2) is 26.4 Å². The number of rotatable bonds is 4. The predicted octanol–water partition coefficient (Wildman–Crippen LogP) is 3.34. The van der Waals surface area contributed by atoms with Crippen molar-refractivity contribution in [2.24, 2.45) is 0 Å². The number of nitrogens with zero attached hydrogens (tertiary/aromatic N) is 1. The lowest BCUT2D eigenvalue weighted by atomic mass is 10.1. The third-order valence-corrected chi connectivity index (χ3v) is 3.04. The number of methoxy groups -OCH3 is 1. The van der Waals surface area contributed by atoms with Gasteiger partial charge in [-0.05, 0) is 31.0 Å². The van der Waals surface area contributed by atoms with Crippen molar-refractivity contribution in [3.05, 3.63) is 36.0 Å². The van der Waals surface area contributed by atoms with E-state index in [0.717, 1.165) is 5.56 Å². The summed E-state index contributed by atoms with van der Waals surface area (Å²) in [6, 6.07) is 5.13. The van der Waals surface area contributed by atoms with Crippen LogP contribution in [0.5, 0.6) is 5.75 Å². The summed E-state index contributed by atoms with van der Waals surface area (Å²) >= 11 is 0. The van der Waals surface area contributed by atoms with Crippen molar-refractivity contribution in [3.63, 3.8) is 0 Å². The quantitative estimate of drug-likeness (QED) is 0.782. The highest BCUT2D eigenvalue weighted by Crippen LogP contribution is 2.43. The molecule has 0 unspecified atom stereocenters. The molecule has 1 aromatic carbocycles. The molecule has 1 aromatic rings. The molecule has 0 N–H and O–H groups in total. The van der Waals surface area contributed by atoms with Crippen LogP contribution in [0.4, 0.5) is 14.5 Å². The Balaban J connectivity index is 2.33. The predicted molar refractivity (Wildman–Crippen MR) is 69.7 cm³/mol. The molecule has 0 aromatic heterocycles. The maximum Gasteiger partial charge on any atom is 0.441 e. The van der Waals surface area contributed by atoms with Crippen LogP contribution in [0.15, 0.2) is 30.5 Å². The van der Waals surface area contributed by atoms with Gasteiger partial charge in [0.25, 0.3) is 0 Å². The summed E-state index contributed by atoms with van der Waals surface area (Å²) in [6.45, 7) is 6.30. The van der Waals surface area contributed by atoms with Gasteiger partial charge in [0.2, 0.25) is 0 Å². The van der Waals surface area contributed by atoms with Crippen molar-refractivity contribution in [1.82, 2.24) is 0 Å². The van der Waals surface area contributed by atoms with Crippen LogP contribution in [0.25, 0.3) is 0 Å². The van der Waals surface area contributed by atoms with E-state index in [1.54, 1.807) is 19.2 Å². The minimum atomic E-state index is -3.37. The molecule has 0 atom stereocenters. The lowest BCUT2D eigenvalue weighted by Crippen LogP contribution is -2.42. The minimum Gasteiger partial charge on any atom is -0.426 e. The third kappa shape index (κ3) is 2.71. The van der Waals surface area contributed by atoms with Gasteiger partial charge in [-0.15, -0.1) is 0 Å². The summed E-state index contributed by atoms with van der Waals surface area (Å²) in [4.78, 5) is 1.50. The number of alkyl halides is 2. The molecule has 0 amide bonds. The van der Waals surface area contributed by atoms with E-state index in [0.29, 0.717) is 25.3 Å². The van der Waals surface area contributed by atoms with E-state index in [9.17, 15) is 8.78 Å². The summed E-state index contributed by atoms with van der Waals surface area (Å²) in [5.74, 6) is 0.181. The fourth-order valence-electron chi connectivity index (χ4n) is 2.05. The lowest BCUT2D eigenvalue weighted by Gasteiger charge is -2.37. The molecule has 5 heteroatoms. The largest absolute Gasteiger partial charge is 0.441 e. The number of ether oxygens (including phenoxy) is 2. The Morgan fingerprint density at radius 3 is 2.84 bits per heavy atom. The summed E-state index contributed by atoms with van der Waals surface area (Å²) < 4.78 is 37.2. The summed E-state index contributed by atoms with van der Waals surface area (Å²) in [5, 5.41) is 0. The van der Waals surface area contributed by atoms with Gasteiger partial charge >= 0.3 is 6.11 Å². The minimum absolute atomic E-state index is 0.181. The maximum absolute atomic E-state index is 13.7. The fourth-order valence-corrected chi connectivity index (χ4v) is 2.05. The zero-order valence-corrected chi connectivity index (χ0v) is 11.1. The highest BCUT2D eigenvalue weighted by Gasteiger charge is 2.44. The Labute approximate surface area is 111 Å². The second-order valence-electron chi connectivity index (χ2n) is 4.53. The second kappa shape index (κ2) is 5.17. The van der Waals surface area contributed by atoms with Crippen molar-refractivity contribution < 1.29 is 18.3 Å². The van der Waals surface area contributed by atoms with Crippen molar-refractivity contribution >= 4 is 5.69 Å². The second-order valence-corrected chi connectivity index (χ2v) is 4.53. The van der Waals surface area contributed by atoms with Gasteiger partial charge in [-0.25, -0.2) is 0 Å². The molecule has 104 valence electrons. The number of halogens is 2. The van der Waals surface area contributed by atoms with E-state index in [2.05, 4.69) is 6.58 Å². The number of fused-ring (bicyclic) bond motifs is 1. The Morgan fingerprint density at radius 2 is 2.16 bits per heavy atom. The van der Waals surface area contributed by atoms with Gasteiger partial charge in [-0.3, -0.25) is 0 Å². The first-order valence-electron chi connectivity index (χ1n) is 6.09. The van der Waals surface area contributed by atoms with Crippen molar-refractivity contribution in [3.8, 4) is 5.75 Å². The van der Waals surface area contributed by atoms with E-state index in [1.807, 2.05) is 13.0 Å². The van der Waals surface area contributed by atoms with Crippen LogP contribution in [0.2, 0.25) is 0 Å². The molecule has 0 bridgehead atoms. The summed E-state index contributed by atoms with van der Waals surface area (Å²) in [6.07, 6.45) is -2.73. The van der Waals surface area contributed by atoms with E-state index < -0.39 is 6.11 Å². The smallest absolute Gasteiger partial charge is 0.426 e. The van der Waals surface area contributed by atoms with Gasteiger partial charge in [-0.2, -0.15) is 8.78 Å². The van der Waals surface area contributed by atoms with Gasteiger partial charge < -0.3 is 14.4 Å². The Kier molecular flexibility index (Phi) is 3.75. The topological polar surface area (TPSA) is 21.7 Å². The van der Waals surface area contributed by atoms with Gasteiger partial charge in [0.1, 0.15) is 5.70 Å². The molecule has 1 aliphatic heterocycles. The number of aryl methyl sites for hydroxylation is 1. The van der Waals surface area contributed by atoms with Crippen LogP contribution in [0.1, 0.15) is 12.0 Å². The molecule has 0 fully saturated rings. The molecular formula is C14H17F2NO2. The van der Waals surface area contributed by atoms with Crippen molar-refractivity contribution in [1.29, 1.82) is 0 Å². The average molecular weight is 269 g/mol. The van der Waals surface area contributed by atoms with Crippen LogP contribution in [-0.2, 0) is 4.74 Å². The normalized spacial score (nSPS) is 17.1. The zero-order chi connectivity index (χ0) is 14.0. The average Bonchev–Trinajstić information content (AvgIpc) is 2.35. The molecule has 3 nitrogen and oxygen atoms in total. The fraction of sp³-hybridized carbons (Fsp3) is 0.429. The Bertz CT molecular complexity index is 488. The monoisotopic (exact) mass is 269 g/mol. The van der Waals surface area contributed by atoms with Crippen LogP contribution in [0.3, 0.4) is 0 Å². The first-order chi connectivity index (χ1) is 8.95. The van der Waals surface area contributed by atoms with Gasteiger partial charge in [-0.1, -0.05) is 12.6 Å². The van der Waals surface area contributed by atoms with Gasteiger partial charge in [0.15, 0.2) is 5.75 Å². The highest BCUT2D eigenvalue weighted by molar-refractivity contribution is 5.66. The van der Waals surface area contributed by atoms with E-state index >= 15 is 0 Å². The molecule has 19 heavy (non-hydrogen) atoms.